The maximum Gasteiger partial charge on any atom is 0.101 e. The Bertz CT molecular complexity index is 519. The standard InChI is InChI=1S/C13H14Cl2N2O/c1-8-5-9(7-18-8)13(17-16)6-10-11(14)3-2-4-12(10)15/h2-5,7,13,17H,6,16H2,1H3. The number of halogens is 2. The summed E-state index contributed by atoms with van der Waals surface area (Å²) in [7, 11) is 0. The molecule has 0 spiro atoms. The van der Waals surface area contributed by atoms with Gasteiger partial charge in [0.25, 0.3) is 0 Å². The minimum Gasteiger partial charge on any atom is -0.469 e. The highest BCUT2D eigenvalue weighted by Gasteiger charge is 2.16. The van der Waals surface area contributed by atoms with Crippen LogP contribution >= 0.6 is 23.2 Å². The van der Waals surface area contributed by atoms with Crippen LogP contribution in [0, 0.1) is 6.92 Å². The van der Waals surface area contributed by atoms with Gasteiger partial charge in [0.05, 0.1) is 12.3 Å². The molecule has 0 saturated carbocycles. The zero-order valence-electron chi connectivity index (χ0n) is 9.91. The van der Waals surface area contributed by atoms with Crippen molar-refractivity contribution in [2.45, 2.75) is 19.4 Å². The Morgan fingerprint density at radius 3 is 2.50 bits per heavy atom. The molecule has 2 aromatic rings. The summed E-state index contributed by atoms with van der Waals surface area (Å²) in [5, 5.41) is 1.28. The van der Waals surface area contributed by atoms with Gasteiger partial charge in [-0.2, -0.15) is 0 Å². The van der Waals surface area contributed by atoms with E-state index in [9.17, 15) is 0 Å². The summed E-state index contributed by atoms with van der Waals surface area (Å²) in [5.41, 5.74) is 4.61. The van der Waals surface area contributed by atoms with Crippen LogP contribution in [0.15, 0.2) is 34.9 Å². The number of rotatable bonds is 4. The van der Waals surface area contributed by atoms with Crippen molar-refractivity contribution in [2.75, 3.05) is 0 Å². The van der Waals surface area contributed by atoms with E-state index in [1.165, 1.54) is 0 Å². The van der Waals surface area contributed by atoms with Gasteiger partial charge in [0.1, 0.15) is 5.76 Å². The second kappa shape index (κ2) is 5.76. The van der Waals surface area contributed by atoms with Gasteiger partial charge < -0.3 is 4.42 Å². The van der Waals surface area contributed by atoms with Crippen molar-refractivity contribution in [1.82, 2.24) is 5.43 Å². The van der Waals surface area contributed by atoms with Crippen LogP contribution in [-0.2, 0) is 6.42 Å². The first kappa shape index (κ1) is 13.4. The highest BCUT2D eigenvalue weighted by Crippen LogP contribution is 2.29. The lowest BCUT2D eigenvalue weighted by Crippen LogP contribution is -2.29. The van der Waals surface area contributed by atoms with Gasteiger partial charge in [-0.15, -0.1) is 0 Å². The minimum atomic E-state index is -0.0835. The molecule has 0 bridgehead atoms. The first-order valence-corrected chi connectivity index (χ1v) is 6.31. The number of hydrogen-bond acceptors (Lipinski definition) is 3. The molecule has 0 aliphatic heterocycles. The van der Waals surface area contributed by atoms with Gasteiger partial charge in [0.15, 0.2) is 0 Å². The number of nitrogens with two attached hydrogens (primary N) is 1. The molecule has 96 valence electrons. The van der Waals surface area contributed by atoms with Crippen LogP contribution in [0.3, 0.4) is 0 Å². The Labute approximate surface area is 116 Å². The summed E-state index contributed by atoms with van der Waals surface area (Å²) >= 11 is 12.3. The highest BCUT2D eigenvalue weighted by atomic mass is 35.5. The summed E-state index contributed by atoms with van der Waals surface area (Å²) in [6.07, 6.45) is 2.29. The fourth-order valence-electron chi connectivity index (χ4n) is 1.85. The minimum absolute atomic E-state index is 0.0835. The second-order valence-corrected chi connectivity index (χ2v) is 4.93. The fraction of sp³-hybridized carbons (Fsp3) is 0.231. The van der Waals surface area contributed by atoms with Gasteiger partial charge in [0, 0.05) is 15.6 Å². The Morgan fingerprint density at radius 2 is 2.00 bits per heavy atom. The molecule has 1 aromatic heterocycles. The van der Waals surface area contributed by atoms with Crippen molar-refractivity contribution in [3.05, 3.63) is 57.5 Å². The summed E-state index contributed by atoms with van der Waals surface area (Å²) in [4.78, 5) is 0. The largest absolute Gasteiger partial charge is 0.469 e. The van der Waals surface area contributed by atoms with Crippen molar-refractivity contribution >= 4 is 23.2 Å². The van der Waals surface area contributed by atoms with Crippen LogP contribution < -0.4 is 11.3 Å². The van der Waals surface area contributed by atoms with E-state index in [2.05, 4.69) is 5.43 Å². The van der Waals surface area contributed by atoms with Crippen molar-refractivity contribution < 1.29 is 4.42 Å². The van der Waals surface area contributed by atoms with E-state index in [0.717, 1.165) is 16.9 Å². The monoisotopic (exact) mass is 284 g/mol. The molecular formula is C13H14Cl2N2O. The first-order valence-electron chi connectivity index (χ1n) is 5.56. The van der Waals surface area contributed by atoms with E-state index in [-0.39, 0.29) is 6.04 Å². The number of furan rings is 1. The third-order valence-electron chi connectivity index (χ3n) is 2.82. The molecule has 3 N–H and O–H groups in total. The van der Waals surface area contributed by atoms with E-state index in [1.54, 1.807) is 6.26 Å². The molecule has 1 atom stereocenters. The molecule has 1 unspecified atom stereocenters. The van der Waals surface area contributed by atoms with Crippen molar-refractivity contribution in [3.8, 4) is 0 Å². The average molecular weight is 285 g/mol. The molecular weight excluding hydrogens is 271 g/mol. The molecule has 1 aromatic carbocycles. The predicted molar refractivity (Wildman–Crippen MR) is 73.7 cm³/mol. The highest BCUT2D eigenvalue weighted by molar-refractivity contribution is 6.36. The zero-order chi connectivity index (χ0) is 13.1. The Balaban J connectivity index is 2.26. The van der Waals surface area contributed by atoms with E-state index in [0.29, 0.717) is 16.5 Å². The lowest BCUT2D eigenvalue weighted by molar-refractivity contribution is 0.511. The zero-order valence-corrected chi connectivity index (χ0v) is 11.4. The number of nitrogens with one attached hydrogen (secondary N) is 1. The first-order chi connectivity index (χ1) is 8.61. The van der Waals surface area contributed by atoms with E-state index in [1.807, 2.05) is 31.2 Å². The van der Waals surface area contributed by atoms with E-state index >= 15 is 0 Å². The number of benzene rings is 1. The molecule has 3 nitrogen and oxygen atoms in total. The van der Waals surface area contributed by atoms with Crippen molar-refractivity contribution in [1.29, 1.82) is 0 Å². The molecule has 0 radical (unpaired) electrons. The fourth-order valence-corrected chi connectivity index (χ4v) is 2.40. The molecule has 0 aliphatic rings. The summed E-state index contributed by atoms with van der Waals surface area (Å²) < 4.78 is 5.28. The van der Waals surface area contributed by atoms with Gasteiger partial charge in [-0.1, -0.05) is 29.3 Å². The van der Waals surface area contributed by atoms with Crippen LogP contribution in [0.5, 0.6) is 0 Å². The Morgan fingerprint density at radius 1 is 1.33 bits per heavy atom. The molecule has 0 amide bonds. The third-order valence-corrected chi connectivity index (χ3v) is 3.53. The lowest BCUT2D eigenvalue weighted by Gasteiger charge is -2.16. The number of hydrazine groups is 1. The van der Waals surface area contributed by atoms with Gasteiger partial charge in [0.2, 0.25) is 0 Å². The Hall–Kier alpha value is -1.00. The summed E-state index contributed by atoms with van der Waals surface area (Å²) in [6.45, 7) is 1.89. The third kappa shape index (κ3) is 2.87. The van der Waals surface area contributed by atoms with Crippen molar-refractivity contribution in [2.24, 2.45) is 5.84 Å². The molecule has 2 rings (SSSR count). The number of aryl methyl sites for hydroxylation is 1. The molecule has 0 saturated heterocycles. The van der Waals surface area contributed by atoms with Crippen LogP contribution in [-0.4, -0.2) is 0 Å². The van der Waals surface area contributed by atoms with Crippen LogP contribution in [0.4, 0.5) is 0 Å². The SMILES string of the molecule is Cc1cc(C(Cc2c(Cl)cccc2Cl)NN)co1. The van der Waals surface area contributed by atoms with Gasteiger partial charge in [-0.05, 0) is 37.1 Å². The van der Waals surface area contributed by atoms with Crippen LogP contribution in [0.25, 0.3) is 0 Å². The molecule has 0 aliphatic carbocycles. The number of hydrogen-bond donors (Lipinski definition) is 2. The van der Waals surface area contributed by atoms with Gasteiger partial charge in [-0.25, -0.2) is 0 Å². The molecule has 5 heteroatoms. The smallest absolute Gasteiger partial charge is 0.101 e. The molecule has 1 heterocycles. The van der Waals surface area contributed by atoms with Crippen LogP contribution in [0.2, 0.25) is 10.0 Å². The predicted octanol–water partition coefficient (Wildman–Crippen LogP) is 3.64. The maximum absolute atomic E-state index is 6.15. The average Bonchev–Trinajstić information content (AvgIpc) is 2.76. The summed E-state index contributed by atoms with van der Waals surface area (Å²) in [6, 6.07) is 7.31. The Kier molecular flexibility index (Phi) is 4.30. The topological polar surface area (TPSA) is 51.2 Å². The van der Waals surface area contributed by atoms with Crippen molar-refractivity contribution in [3.63, 3.8) is 0 Å². The molecule has 18 heavy (non-hydrogen) atoms. The van der Waals surface area contributed by atoms with Gasteiger partial charge >= 0.3 is 0 Å². The van der Waals surface area contributed by atoms with E-state index in [4.69, 9.17) is 33.5 Å². The van der Waals surface area contributed by atoms with Gasteiger partial charge in [-0.3, -0.25) is 11.3 Å². The van der Waals surface area contributed by atoms with Crippen LogP contribution in [0.1, 0.15) is 22.9 Å². The quantitative estimate of drug-likeness (QED) is 0.666. The normalized spacial score (nSPS) is 12.7. The maximum atomic E-state index is 6.15. The van der Waals surface area contributed by atoms with E-state index < -0.39 is 0 Å². The lowest BCUT2D eigenvalue weighted by atomic mass is 10.0. The second-order valence-electron chi connectivity index (χ2n) is 4.11. The summed E-state index contributed by atoms with van der Waals surface area (Å²) in [5.74, 6) is 6.43. The molecule has 0 fully saturated rings.